The smallest absolute Gasteiger partial charge is 0.225 e. The van der Waals surface area contributed by atoms with Crippen LogP contribution in [0.5, 0.6) is 5.75 Å². The Balaban J connectivity index is 1.57. The number of phenols is 1. The average molecular weight is 493 g/mol. The summed E-state index contributed by atoms with van der Waals surface area (Å²) >= 11 is 0. The third-order valence-corrected chi connectivity index (χ3v) is 7.43. The quantitative estimate of drug-likeness (QED) is 0.368. The van der Waals surface area contributed by atoms with Crippen LogP contribution in [0, 0.1) is 0 Å². The number of phenolic OH excluding ortho intramolecular Hbond substituents is 1. The van der Waals surface area contributed by atoms with Crippen LogP contribution >= 0.6 is 0 Å². The molecule has 8 N–H and O–H groups in total. The van der Waals surface area contributed by atoms with Gasteiger partial charge in [0.15, 0.2) is 0 Å². The standard InChI is InChI=1S/C27H40N8O/c1-3-20-16-34(24(26(29)30)13-23(28)22-7-5-6-8-25(22)36)17-21(4-2)35(20)27-32-14-19(15-33-27)18-9-11-31-12-10-18/h5-8,13-15,18,20-21,31,36H,3-4,9-12,16-17,28-30H2,1-2H3/b23-13-. The molecular formula is C27H40N8O. The first-order valence-electron chi connectivity index (χ1n) is 13.0. The molecule has 0 aliphatic carbocycles. The largest absolute Gasteiger partial charge is 0.507 e. The molecule has 2 atom stereocenters. The summed E-state index contributed by atoms with van der Waals surface area (Å²) in [4.78, 5) is 14.2. The molecule has 2 saturated heterocycles. The second kappa shape index (κ2) is 11.5. The average Bonchev–Trinajstić information content (AvgIpc) is 2.91. The van der Waals surface area contributed by atoms with Crippen LogP contribution in [0.2, 0.25) is 0 Å². The van der Waals surface area contributed by atoms with E-state index in [2.05, 4.69) is 29.0 Å². The molecular weight excluding hydrogens is 452 g/mol. The normalized spacial score (nSPS) is 21.4. The highest BCUT2D eigenvalue weighted by atomic mass is 16.3. The number of benzene rings is 1. The summed E-state index contributed by atoms with van der Waals surface area (Å²) in [6.07, 6.45) is 9.90. The highest BCUT2D eigenvalue weighted by Crippen LogP contribution is 2.30. The topological polar surface area (TPSA) is 143 Å². The molecule has 0 amide bonds. The number of nitrogens with one attached hydrogen (secondary N) is 1. The van der Waals surface area contributed by atoms with Crippen molar-refractivity contribution in [3.63, 3.8) is 0 Å². The van der Waals surface area contributed by atoms with E-state index in [0.29, 0.717) is 36.0 Å². The minimum absolute atomic E-state index is 0.119. The van der Waals surface area contributed by atoms with Crippen molar-refractivity contribution in [2.75, 3.05) is 31.1 Å². The SMILES string of the molecule is CCC1CN(C(/C=C(\N)c2ccccc2O)=C(N)N)CC(CC)N1c1ncc(C2CCNCC2)cn1. The molecule has 1 aromatic heterocycles. The minimum Gasteiger partial charge on any atom is -0.507 e. The maximum Gasteiger partial charge on any atom is 0.225 e. The third-order valence-electron chi connectivity index (χ3n) is 7.43. The molecule has 0 radical (unpaired) electrons. The number of rotatable bonds is 7. The molecule has 3 heterocycles. The Hall–Kier alpha value is -3.46. The molecule has 1 aromatic carbocycles. The zero-order valence-corrected chi connectivity index (χ0v) is 21.4. The van der Waals surface area contributed by atoms with Crippen molar-refractivity contribution >= 4 is 11.6 Å². The Bertz CT molecular complexity index is 1060. The Labute approximate surface area is 214 Å². The van der Waals surface area contributed by atoms with Crippen LogP contribution < -0.4 is 27.4 Å². The summed E-state index contributed by atoms with van der Waals surface area (Å²) in [6, 6.07) is 7.35. The van der Waals surface area contributed by atoms with Crippen molar-refractivity contribution in [1.29, 1.82) is 0 Å². The van der Waals surface area contributed by atoms with Crippen LogP contribution in [-0.4, -0.2) is 58.2 Å². The van der Waals surface area contributed by atoms with E-state index >= 15 is 0 Å². The number of aromatic hydroxyl groups is 1. The van der Waals surface area contributed by atoms with Crippen molar-refractivity contribution in [2.24, 2.45) is 17.2 Å². The number of nitrogens with zero attached hydrogens (tertiary/aromatic N) is 4. The first-order valence-corrected chi connectivity index (χ1v) is 13.0. The van der Waals surface area contributed by atoms with E-state index in [4.69, 9.17) is 27.2 Å². The van der Waals surface area contributed by atoms with Gasteiger partial charge in [-0.2, -0.15) is 0 Å². The number of piperidine rings is 1. The van der Waals surface area contributed by atoms with E-state index in [-0.39, 0.29) is 23.7 Å². The number of aromatic nitrogens is 2. The number of nitrogens with two attached hydrogens (primary N) is 3. The molecule has 2 unspecified atom stereocenters. The number of para-hydroxylation sites is 1. The Morgan fingerprint density at radius 3 is 2.19 bits per heavy atom. The van der Waals surface area contributed by atoms with Crippen LogP contribution in [0.15, 0.2) is 54.3 Å². The maximum absolute atomic E-state index is 10.2. The van der Waals surface area contributed by atoms with Gasteiger partial charge in [0.2, 0.25) is 5.95 Å². The lowest BCUT2D eigenvalue weighted by Gasteiger charge is -2.48. The van der Waals surface area contributed by atoms with Gasteiger partial charge in [0.25, 0.3) is 0 Å². The van der Waals surface area contributed by atoms with Crippen LogP contribution in [0.3, 0.4) is 0 Å². The lowest BCUT2D eigenvalue weighted by molar-refractivity contribution is 0.227. The van der Waals surface area contributed by atoms with Gasteiger partial charge in [0.05, 0.1) is 5.70 Å². The summed E-state index contributed by atoms with van der Waals surface area (Å²) in [5, 5.41) is 13.6. The van der Waals surface area contributed by atoms with Crippen molar-refractivity contribution in [3.05, 3.63) is 65.4 Å². The van der Waals surface area contributed by atoms with E-state index < -0.39 is 0 Å². The summed E-state index contributed by atoms with van der Waals surface area (Å²) in [5.74, 6) is 1.63. The molecule has 194 valence electrons. The zero-order valence-electron chi connectivity index (χ0n) is 21.4. The Kier molecular flexibility index (Phi) is 8.20. The predicted octanol–water partition coefficient (Wildman–Crippen LogP) is 2.41. The second-order valence-corrected chi connectivity index (χ2v) is 9.73. The predicted molar refractivity (Wildman–Crippen MR) is 145 cm³/mol. The van der Waals surface area contributed by atoms with E-state index in [1.807, 2.05) is 18.5 Å². The summed E-state index contributed by atoms with van der Waals surface area (Å²) < 4.78 is 0. The van der Waals surface area contributed by atoms with Gasteiger partial charge in [0.1, 0.15) is 11.6 Å². The third kappa shape index (κ3) is 5.51. The highest BCUT2D eigenvalue weighted by molar-refractivity contribution is 5.70. The fourth-order valence-corrected chi connectivity index (χ4v) is 5.36. The molecule has 2 aliphatic heterocycles. The van der Waals surface area contributed by atoms with Gasteiger partial charge in [-0.15, -0.1) is 0 Å². The van der Waals surface area contributed by atoms with Crippen LogP contribution in [0.4, 0.5) is 5.95 Å². The van der Waals surface area contributed by atoms with Gasteiger partial charge < -0.3 is 37.4 Å². The molecule has 0 spiro atoms. The lowest BCUT2D eigenvalue weighted by Crippen LogP contribution is -2.59. The van der Waals surface area contributed by atoms with Crippen LogP contribution in [0.25, 0.3) is 5.70 Å². The first-order chi connectivity index (χ1) is 17.4. The maximum atomic E-state index is 10.2. The zero-order chi connectivity index (χ0) is 25.7. The van der Waals surface area contributed by atoms with E-state index in [9.17, 15) is 5.11 Å². The fraction of sp³-hybridized carbons (Fsp3) is 0.481. The molecule has 2 aliphatic rings. The summed E-state index contributed by atoms with van der Waals surface area (Å²) in [7, 11) is 0. The Morgan fingerprint density at radius 1 is 1.03 bits per heavy atom. The number of hydrogen-bond acceptors (Lipinski definition) is 9. The number of piperazine rings is 1. The monoisotopic (exact) mass is 492 g/mol. The number of allylic oxidation sites excluding steroid dienone is 1. The second-order valence-electron chi connectivity index (χ2n) is 9.73. The van der Waals surface area contributed by atoms with Gasteiger partial charge in [-0.1, -0.05) is 26.0 Å². The van der Waals surface area contributed by atoms with Gasteiger partial charge in [0, 0.05) is 48.8 Å². The number of hydrogen-bond donors (Lipinski definition) is 5. The van der Waals surface area contributed by atoms with Gasteiger partial charge in [-0.25, -0.2) is 9.97 Å². The van der Waals surface area contributed by atoms with E-state index in [0.717, 1.165) is 44.7 Å². The number of anilines is 1. The van der Waals surface area contributed by atoms with Crippen LogP contribution in [0.1, 0.15) is 56.6 Å². The molecule has 2 aromatic rings. The molecule has 0 saturated carbocycles. The fourth-order valence-electron chi connectivity index (χ4n) is 5.36. The van der Waals surface area contributed by atoms with Gasteiger partial charge >= 0.3 is 0 Å². The van der Waals surface area contributed by atoms with Gasteiger partial charge in [-0.3, -0.25) is 0 Å². The minimum atomic E-state index is 0.119. The Morgan fingerprint density at radius 2 is 1.64 bits per heavy atom. The van der Waals surface area contributed by atoms with E-state index in [1.165, 1.54) is 5.56 Å². The summed E-state index contributed by atoms with van der Waals surface area (Å²) in [5.41, 5.74) is 21.5. The molecule has 0 bridgehead atoms. The molecule has 9 nitrogen and oxygen atoms in total. The van der Waals surface area contributed by atoms with Crippen molar-refractivity contribution in [1.82, 2.24) is 20.2 Å². The molecule has 36 heavy (non-hydrogen) atoms. The van der Waals surface area contributed by atoms with E-state index in [1.54, 1.807) is 24.3 Å². The first kappa shape index (κ1) is 25.6. The highest BCUT2D eigenvalue weighted by Gasteiger charge is 2.35. The van der Waals surface area contributed by atoms with Crippen molar-refractivity contribution < 1.29 is 5.11 Å². The lowest BCUT2D eigenvalue weighted by atomic mass is 9.92. The molecule has 4 rings (SSSR count). The summed E-state index contributed by atoms with van der Waals surface area (Å²) in [6.45, 7) is 7.88. The van der Waals surface area contributed by atoms with Crippen molar-refractivity contribution in [3.8, 4) is 5.75 Å². The van der Waals surface area contributed by atoms with Crippen molar-refractivity contribution in [2.45, 2.75) is 57.5 Å². The molecule has 9 heteroatoms. The van der Waals surface area contributed by atoms with Gasteiger partial charge in [-0.05, 0) is 68.5 Å². The van der Waals surface area contributed by atoms with Crippen LogP contribution in [-0.2, 0) is 0 Å². The molecule has 2 fully saturated rings.